The van der Waals surface area contributed by atoms with Gasteiger partial charge in [0.15, 0.2) is 5.17 Å². The highest BCUT2D eigenvalue weighted by atomic mass is 32.2. The predicted molar refractivity (Wildman–Crippen MR) is 88.0 cm³/mol. The highest BCUT2D eigenvalue weighted by Crippen LogP contribution is 2.30. The van der Waals surface area contributed by atoms with Gasteiger partial charge >= 0.3 is 0 Å². The van der Waals surface area contributed by atoms with Gasteiger partial charge in [-0.25, -0.2) is 0 Å². The number of thioether (sulfide) groups is 2. The molecule has 0 fully saturated rings. The van der Waals surface area contributed by atoms with Gasteiger partial charge in [-0.2, -0.15) is 11.8 Å². The molecule has 0 radical (unpaired) electrons. The molecular weight excluding hydrogens is 260 g/mol. The fourth-order valence-corrected chi connectivity index (χ4v) is 4.46. The zero-order chi connectivity index (χ0) is 13.4. The molecule has 0 saturated heterocycles. The van der Waals surface area contributed by atoms with Gasteiger partial charge in [-0.15, -0.1) is 0 Å². The Kier molecular flexibility index (Phi) is 8.23. The number of hydrogen-bond donors (Lipinski definition) is 1. The van der Waals surface area contributed by atoms with Gasteiger partial charge in [-0.1, -0.05) is 45.4 Å². The second kappa shape index (κ2) is 9.13. The highest BCUT2D eigenvalue weighted by Gasteiger charge is 2.26. The number of nitrogens with zero attached hydrogens (tertiary/aromatic N) is 1. The van der Waals surface area contributed by atoms with Gasteiger partial charge in [-0.05, 0) is 30.8 Å². The van der Waals surface area contributed by atoms with E-state index in [-0.39, 0.29) is 0 Å². The summed E-state index contributed by atoms with van der Waals surface area (Å²) in [7, 11) is 0. The normalized spacial score (nSPS) is 21.2. The molecule has 18 heavy (non-hydrogen) atoms. The predicted octanol–water partition coefficient (Wildman–Crippen LogP) is 4.02. The molecule has 1 aliphatic rings. The zero-order valence-corrected chi connectivity index (χ0v) is 13.9. The second-order valence-electron chi connectivity index (χ2n) is 4.91. The van der Waals surface area contributed by atoms with Crippen molar-refractivity contribution in [1.29, 1.82) is 0 Å². The molecule has 0 aromatic rings. The Labute approximate surface area is 121 Å². The lowest BCUT2D eigenvalue weighted by atomic mass is 9.99. The summed E-state index contributed by atoms with van der Waals surface area (Å²) in [6.45, 7) is 10.1. The third-order valence-corrected chi connectivity index (χ3v) is 5.76. The van der Waals surface area contributed by atoms with E-state index in [9.17, 15) is 0 Å². The van der Waals surface area contributed by atoms with Gasteiger partial charge in [-0.3, -0.25) is 4.99 Å². The van der Waals surface area contributed by atoms with Gasteiger partial charge < -0.3 is 5.32 Å². The van der Waals surface area contributed by atoms with Crippen LogP contribution in [-0.2, 0) is 0 Å². The molecule has 106 valence electrons. The van der Waals surface area contributed by atoms with E-state index in [4.69, 9.17) is 0 Å². The lowest BCUT2D eigenvalue weighted by Crippen LogP contribution is -2.30. The topological polar surface area (TPSA) is 24.4 Å². The molecule has 4 heteroatoms. The van der Waals surface area contributed by atoms with Crippen molar-refractivity contribution >= 4 is 28.7 Å². The first-order valence-electron chi connectivity index (χ1n) is 7.26. The molecule has 0 aromatic carbocycles. The summed E-state index contributed by atoms with van der Waals surface area (Å²) in [5.41, 5.74) is 0. The van der Waals surface area contributed by atoms with Crippen molar-refractivity contribution in [3.8, 4) is 0 Å². The first kappa shape index (κ1) is 16.2. The van der Waals surface area contributed by atoms with Crippen molar-refractivity contribution < 1.29 is 0 Å². The van der Waals surface area contributed by atoms with Gasteiger partial charge in [0, 0.05) is 11.3 Å². The molecule has 1 heterocycles. The highest BCUT2D eigenvalue weighted by molar-refractivity contribution is 8.14. The first-order valence-corrected chi connectivity index (χ1v) is 9.30. The van der Waals surface area contributed by atoms with E-state index in [2.05, 4.69) is 38.0 Å². The Bertz CT molecular complexity index is 252. The van der Waals surface area contributed by atoms with E-state index in [1.54, 1.807) is 0 Å². The maximum Gasteiger partial charge on any atom is 0.157 e. The molecule has 0 bridgehead atoms. The van der Waals surface area contributed by atoms with Crippen molar-refractivity contribution in [2.24, 2.45) is 10.9 Å². The van der Waals surface area contributed by atoms with Crippen LogP contribution in [0.5, 0.6) is 0 Å². The first-order chi connectivity index (χ1) is 8.71. The van der Waals surface area contributed by atoms with Crippen LogP contribution in [0.3, 0.4) is 0 Å². The van der Waals surface area contributed by atoms with Crippen molar-refractivity contribution in [3.63, 3.8) is 0 Å². The third-order valence-electron chi connectivity index (χ3n) is 3.52. The molecule has 2 atom stereocenters. The largest absolute Gasteiger partial charge is 0.362 e. The Morgan fingerprint density at radius 2 is 2.11 bits per heavy atom. The molecule has 1 N–H and O–H groups in total. The van der Waals surface area contributed by atoms with Gasteiger partial charge in [0.1, 0.15) is 0 Å². The van der Waals surface area contributed by atoms with E-state index < -0.39 is 0 Å². The quantitative estimate of drug-likeness (QED) is 0.683. The minimum atomic E-state index is 0.552. The third kappa shape index (κ3) is 5.43. The summed E-state index contributed by atoms with van der Waals surface area (Å²) in [4.78, 5) is 4.66. The molecule has 1 aliphatic heterocycles. The van der Waals surface area contributed by atoms with Crippen LogP contribution < -0.4 is 5.32 Å². The van der Waals surface area contributed by atoms with E-state index >= 15 is 0 Å². The molecule has 2 unspecified atom stereocenters. The number of aliphatic imine (C=N–C) groups is 1. The van der Waals surface area contributed by atoms with Gasteiger partial charge in [0.05, 0.1) is 6.54 Å². The summed E-state index contributed by atoms with van der Waals surface area (Å²) in [5.74, 6) is 3.29. The molecule has 0 amide bonds. The van der Waals surface area contributed by atoms with Crippen molar-refractivity contribution in [1.82, 2.24) is 5.32 Å². The summed E-state index contributed by atoms with van der Waals surface area (Å²) >= 11 is 3.99. The zero-order valence-electron chi connectivity index (χ0n) is 12.2. The smallest absolute Gasteiger partial charge is 0.157 e. The Balaban J connectivity index is 2.24. The number of amidine groups is 1. The Morgan fingerprint density at radius 3 is 2.72 bits per heavy atom. The fourth-order valence-electron chi connectivity index (χ4n) is 2.22. The lowest BCUT2D eigenvalue weighted by Gasteiger charge is -2.19. The lowest BCUT2D eigenvalue weighted by molar-refractivity contribution is 0.479. The molecule has 1 rings (SSSR count). The summed E-state index contributed by atoms with van der Waals surface area (Å²) in [6, 6.07) is 0.552. The van der Waals surface area contributed by atoms with E-state index in [0.717, 1.165) is 12.5 Å². The summed E-state index contributed by atoms with van der Waals surface area (Å²) in [5, 5.41) is 5.46. The second-order valence-corrected chi connectivity index (χ2v) is 7.53. The number of hydrogen-bond acceptors (Lipinski definition) is 4. The average Bonchev–Trinajstić information content (AvgIpc) is 2.79. The van der Waals surface area contributed by atoms with Crippen LogP contribution in [0.15, 0.2) is 4.99 Å². The van der Waals surface area contributed by atoms with Crippen molar-refractivity contribution in [2.45, 2.75) is 58.2 Å². The average molecular weight is 289 g/mol. The van der Waals surface area contributed by atoms with Crippen molar-refractivity contribution in [3.05, 3.63) is 0 Å². The van der Waals surface area contributed by atoms with Crippen LogP contribution in [0.25, 0.3) is 0 Å². The number of nitrogens with one attached hydrogen (secondary N) is 1. The van der Waals surface area contributed by atoms with E-state index in [0.29, 0.717) is 11.3 Å². The fraction of sp³-hybridized carbons (Fsp3) is 0.929. The molecule has 0 saturated carbocycles. The van der Waals surface area contributed by atoms with Crippen molar-refractivity contribution in [2.75, 3.05) is 18.1 Å². The van der Waals surface area contributed by atoms with Gasteiger partial charge in [0.2, 0.25) is 0 Å². The van der Waals surface area contributed by atoms with Crippen LogP contribution in [0.1, 0.15) is 47.0 Å². The molecule has 2 nitrogen and oxygen atoms in total. The molecule has 0 aliphatic carbocycles. The monoisotopic (exact) mass is 288 g/mol. The Morgan fingerprint density at radius 1 is 1.39 bits per heavy atom. The van der Waals surface area contributed by atoms with Crippen LogP contribution in [0, 0.1) is 5.92 Å². The summed E-state index contributed by atoms with van der Waals surface area (Å²) in [6.07, 6.45) is 3.78. The molecule has 0 aromatic heterocycles. The minimum absolute atomic E-state index is 0.552. The number of rotatable bonds is 8. The standard InChI is InChI=1S/C14H28N2S2/c1-5-12(6-2)13-10-15-14(18-13)16-11(4)8-9-17-7-3/h11-13H,5-10H2,1-4H3,(H,15,16). The molecule has 0 spiro atoms. The van der Waals surface area contributed by atoms with E-state index in [1.807, 2.05) is 23.5 Å². The minimum Gasteiger partial charge on any atom is -0.362 e. The SMILES string of the molecule is CCSCCC(C)NC1=NCC(C(CC)CC)S1. The molecular formula is C14H28N2S2. The maximum atomic E-state index is 4.66. The van der Waals surface area contributed by atoms with Gasteiger partial charge in [0.25, 0.3) is 0 Å². The maximum absolute atomic E-state index is 4.66. The van der Waals surface area contributed by atoms with Crippen LogP contribution in [0.2, 0.25) is 0 Å². The van der Waals surface area contributed by atoms with E-state index in [1.165, 1.54) is 35.9 Å². The van der Waals surface area contributed by atoms with Crippen LogP contribution >= 0.6 is 23.5 Å². The van der Waals surface area contributed by atoms with Crippen LogP contribution in [-0.4, -0.2) is 34.5 Å². The summed E-state index contributed by atoms with van der Waals surface area (Å²) < 4.78 is 0. The van der Waals surface area contributed by atoms with Crippen LogP contribution in [0.4, 0.5) is 0 Å². The Hall–Kier alpha value is 0.170.